The van der Waals surface area contributed by atoms with Gasteiger partial charge in [0.25, 0.3) is 11.8 Å². The number of carbonyl (C=O) groups excluding carboxylic acids is 2. The molecule has 0 fully saturated rings. The zero-order valence-electron chi connectivity index (χ0n) is 12.5. The van der Waals surface area contributed by atoms with E-state index in [1.165, 1.54) is 6.07 Å². The maximum atomic E-state index is 13.5. The molecule has 0 saturated heterocycles. The predicted octanol–water partition coefficient (Wildman–Crippen LogP) is 3.76. The third kappa shape index (κ3) is 3.70. The van der Waals surface area contributed by atoms with Crippen LogP contribution in [0.2, 0.25) is 10.0 Å². The van der Waals surface area contributed by atoms with Crippen molar-refractivity contribution in [2.45, 2.75) is 0 Å². The maximum Gasteiger partial charge on any atom is 0.288 e. The van der Waals surface area contributed by atoms with Crippen molar-refractivity contribution in [3.05, 3.63) is 75.7 Å². The van der Waals surface area contributed by atoms with Gasteiger partial charge in [0.2, 0.25) is 0 Å². The summed E-state index contributed by atoms with van der Waals surface area (Å²) in [5, 5.41) is 0.638. The first-order valence-corrected chi connectivity index (χ1v) is 7.82. The summed E-state index contributed by atoms with van der Waals surface area (Å²) >= 11 is 11.4. The molecule has 0 aliphatic heterocycles. The van der Waals surface area contributed by atoms with Crippen LogP contribution in [-0.2, 0) is 0 Å². The monoisotopic (exact) mass is 377 g/mol. The summed E-state index contributed by atoms with van der Waals surface area (Å²) in [7, 11) is 0. The van der Waals surface area contributed by atoms with Crippen molar-refractivity contribution in [3.63, 3.8) is 0 Å². The van der Waals surface area contributed by atoms with Gasteiger partial charge < -0.3 is 0 Å². The molecule has 0 saturated carbocycles. The molecule has 8 heteroatoms. The van der Waals surface area contributed by atoms with Crippen LogP contribution in [0.3, 0.4) is 0 Å². The molecule has 0 unspecified atom stereocenters. The maximum absolute atomic E-state index is 13.5. The summed E-state index contributed by atoms with van der Waals surface area (Å²) in [6.45, 7) is 0. The van der Waals surface area contributed by atoms with E-state index in [1.54, 1.807) is 18.2 Å². The molecule has 0 spiro atoms. The van der Waals surface area contributed by atoms with E-state index in [1.807, 2.05) is 12.1 Å². The first kappa shape index (κ1) is 17.1. The Morgan fingerprint density at radius 2 is 1.64 bits per heavy atom. The van der Waals surface area contributed by atoms with Gasteiger partial charge in [0.15, 0.2) is 0 Å². The number of fused-ring (bicyclic) bond motifs is 1. The van der Waals surface area contributed by atoms with E-state index in [0.717, 1.165) is 17.5 Å². The van der Waals surface area contributed by atoms with Crippen molar-refractivity contribution in [3.8, 4) is 0 Å². The highest BCUT2D eigenvalue weighted by Crippen LogP contribution is 2.24. The molecular weight excluding hydrogens is 368 g/mol. The van der Waals surface area contributed by atoms with Gasteiger partial charge in [0.1, 0.15) is 11.5 Å². The first-order chi connectivity index (χ1) is 12.0. The number of pyridine rings is 1. The summed E-state index contributed by atoms with van der Waals surface area (Å²) in [4.78, 5) is 28.4. The van der Waals surface area contributed by atoms with Crippen LogP contribution >= 0.6 is 23.2 Å². The van der Waals surface area contributed by atoms with Crippen molar-refractivity contribution in [1.82, 2.24) is 15.8 Å². The topological polar surface area (TPSA) is 71.1 Å². The second-order valence-electron chi connectivity index (χ2n) is 5.04. The fraction of sp³-hybridized carbons (Fsp3) is 0. The molecule has 0 aliphatic carbocycles. The second kappa shape index (κ2) is 7.04. The van der Waals surface area contributed by atoms with Crippen molar-refractivity contribution in [2.75, 3.05) is 0 Å². The second-order valence-corrected chi connectivity index (χ2v) is 5.86. The van der Waals surface area contributed by atoms with Crippen molar-refractivity contribution in [2.24, 2.45) is 0 Å². The molecule has 2 aromatic carbocycles. The van der Waals surface area contributed by atoms with Crippen LogP contribution in [0, 0.1) is 5.82 Å². The zero-order valence-corrected chi connectivity index (χ0v) is 14.0. The Labute approximate surface area is 151 Å². The van der Waals surface area contributed by atoms with Crippen molar-refractivity contribution >= 4 is 45.9 Å². The van der Waals surface area contributed by atoms with Gasteiger partial charge in [-0.25, -0.2) is 9.37 Å². The number of carbonyl (C=O) groups is 2. The Morgan fingerprint density at radius 3 is 2.44 bits per heavy atom. The number of hydrogen-bond acceptors (Lipinski definition) is 3. The molecule has 126 valence electrons. The lowest BCUT2D eigenvalue weighted by Crippen LogP contribution is -2.42. The number of aromatic nitrogens is 1. The minimum Gasteiger partial charge on any atom is -0.267 e. The van der Waals surface area contributed by atoms with Gasteiger partial charge in [0, 0.05) is 5.39 Å². The third-order valence-electron chi connectivity index (χ3n) is 3.38. The summed E-state index contributed by atoms with van der Waals surface area (Å²) in [5.41, 5.74) is 4.97. The van der Waals surface area contributed by atoms with Crippen LogP contribution in [0.15, 0.2) is 48.5 Å². The van der Waals surface area contributed by atoms with E-state index in [-0.39, 0.29) is 21.3 Å². The van der Waals surface area contributed by atoms with Gasteiger partial charge in [-0.05, 0) is 24.3 Å². The highest BCUT2D eigenvalue weighted by atomic mass is 35.5. The lowest BCUT2D eigenvalue weighted by molar-refractivity contribution is 0.0844. The minimum absolute atomic E-state index is 0.0398. The van der Waals surface area contributed by atoms with Gasteiger partial charge >= 0.3 is 0 Å². The van der Waals surface area contributed by atoms with E-state index >= 15 is 0 Å². The van der Waals surface area contributed by atoms with Crippen LogP contribution < -0.4 is 10.9 Å². The summed E-state index contributed by atoms with van der Waals surface area (Å²) in [6.07, 6.45) is 0. The average molecular weight is 378 g/mol. The number of rotatable bonds is 2. The molecule has 1 heterocycles. The number of nitrogens with zero attached hydrogens (tertiary/aromatic N) is 1. The standard InChI is InChI=1S/C17H10Cl2FN3O2/c18-11-8-12(19)13(20)7-10(11)16(24)22-23-17(25)15-6-5-9-3-1-2-4-14(9)21-15/h1-8H,(H,22,24)(H,23,25). The molecule has 2 N–H and O–H groups in total. The fourth-order valence-corrected chi connectivity index (χ4v) is 2.60. The number of halogens is 3. The number of para-hydroxylation sites is 1. The third-order valence-corrected chi connectivity index (χ3v) is 3.98. The van der Waals surface area contributed by atoms with E-state index in [9.17, 15) is 14.0 Å². The van der Waals surface area contributed by atoms with Gasteiger partial charge in [0.05, 0.1) is 21.1 Å². The lowest BCUT2D eigenvalue weighted by atomic mass is 10.2. The van der Waals surface area contributed by atoms with Gasteiger partial charge in [-0.1, -0.05) is 47.5 Å². The quantitative estimate of drug-likeness (QED) is 0.527. The lowest BCUT2D eigenvalue weighted by Gasteiger charge is -2.09. The normalized spacial score (nSPS) is 10.5. The number of benzene rings is 2. The molecule has 0 aliphatic rings. The fourth-order valence-electron chi connectivity index (χ4n) is 2.13. The van der Waals surface area contributed by atoms with E-state index in [4.69, 9.17) is 23.2 Å². The molecular formula is C17H10Cl2FN3O2. The van der Waals surface area contributed by atoms with Crippen LogP contribution in [0.1, 0.15) is 20.8 Å². The first-order valence-electron chi connectivity index (χ1n) is 7.07. The van der Waals surface area contributed by atoms with Crippen LogP contribution in [0.4, 0.5) is 4.39 Å². The molecule has 0 bridgehead atoms. The highest BCUT2D eigenvalue weighted by Gasteiger charge is 2.16. The Hall–Kier alpha value is -2.70. The number of nitrogens with one attached hydrogen (secondary N) is 2. The SMILES string of the molecule is O=C(NNC(=O)c1cc(F)c(Cl)cc1Cl)c1ccc2ccccc2n1. The molecule has 1 aromatic heterocycles. The molecule has 25 heavy (non-hydrogen) atoms. The number of hydrazine groups is 1. The molecule has 2 amide bonds. The molecule has 3 rings (SSSR count). The average Bonchev–Trinajstić information content (AvgIpc) is 2.62. The Balaban J connectivity index is 1.73. The molecule has 0 atom stereocenters. The Bertz CT molecular complexity index is 995. The molecule has 5 nitrogen and oxygen atoms in total. The molecule has 3 aromatic rings. The van der Waals surface area contributed by atoms with E-state index < -0.39 is 17.6 Å². The number of hydrogen-bond donors (Lipinski definition) is 2. The van der Waals surface area contributed by atoms with Crippen LogP contribution in [-0.4, -0.2) is 16.8 Å². The molecule has 0 radical (unpaired) electrons. The largest absolute Gasteiger partial charge is 0.288 e. The zero-order chi connectivity index (χ0) is 18.0. The Kier molecular flexibility index (Phi) is 4.83. The van der Waals surface area contributed by atoms with Crippen LogP contribution in [0.5, 0.6) is 0 Å². The van der Waals surface area contributed by atoms with Gasteiger partial charge in [-0.15, -0.1) is 0 Å². The Morgan fingerprint density at radius 1 is 0.920 bits per heavy atom. The summed E-state index contributed by atoms with van der Waals surface area (Å²) in [5.74, 6) is -2.20. The van der Waals surface area contributed by atoms with E-state index in [2.05, 4.69) is 15.8 Å². The van der Waals surface area contributed by atoms with Crippen molar-refractivity contribution in [1.29, 1.82) is 0 Å². The van der Waals surface area contributed by atoms with Crippen molar-refractivity contribution < 1.29 is 14.0 Å². The minimum atomic E-state index is -0.793. The summed E-state index contributed by atoms with van der Waals surface area (Å²) < 4.78 is 13.5. The van der Waals surface area contributed by atoms with Gasteiger partial charge in [-0.3, -0.25) is 20.4 Å². The number of amides is 2. The highest BCUT2D eigenvalue weighted by molar-refractivity contribution is 6.36. The smallest absolute Gasteiger partial charge is 0.267 e. The summed E-state index contributed by atoms with van der Waals surface area (Å²) in [6, 6.07) is 12.6. The van der Waals surface area contributed by atoms with Gasteiger partial charge in [-0.2, -0.15) is 0 Å². The predicted molar refractivity (Wildman–Crippen MR) is 93.1 cm³/mol. The van der Waals surface area contributed by atoms with Crippen LogP contribution in [0.25, 0.3) is 10.9 Å². The van der Waals surface area contributed by atoms with E-state index in [0.29, 0.717) is 5.52 Å².